The minimum Gasteiger partial charge on any atom is -0.539 e. The second kappa shape index (κ2) is 3.88. The molecule has 0 radical (unpaired) electrons. The number of benzene rings is 1. The van der Waals surface area contributed by atoms with E-state index in [2.05, 4.69) is 5.32 Å². The molecule has 0 aromatic heterocycles. The summed E-state index contributed by atoms with van der Waals surface area (Å²) in [4.78, 5) is 0. The topological polar surface area (TPSA) is 41.5 Å². The van der Waals surface area contributed by atoms with E-state index in [1.165, 1.54) is 0 Å². The fraction of sp³-hybridized carbons (Fsp3) is 0.143. The van der Waals surface area contributed by atoms with Gasteiger partial charge in [0.1, 0.15) is 5.75 Å². The first-order chi connectivity index (χ1) is 5.36. The number of nitrogens with one attached hydrogen (secondary N) is 1. The molecule has 4 heteroatoms. The van der Waals surface area contributed by atoms with E-state index in [1.54, 1.807) is 12.1 Å². The molecule has 11 heavy (non-hydrogen) atoms. The molecule has 0 bridgehead atoms. The van der Waals surface area contributed by atoms with Gasteiger partial charge in [-0.2, -0.15) is 0 Å². The van der Waals surface area contributed by atoms with Gasteiger partial charge in [0.15, 0.2) is 0 Å². The van der Waals surface area contributed by atoms with Gasteiger partial charge >= 0.3 is 7.69 Å². The lowest BCUT2D eigenvalue weighted by Gasteiger charge is -2.02. The summed E-state index contributed by atoms with van der Waals surface area (Å²) in [7, 11) is 1.57. The lowest BCUT2D eigenvalue weighted by atomic mass is 10.3. The van der Waals surface area contributed by atoms with E-state index < -0.39 is 0 Å². The van der Waals surface area contributed by atoms with Crippen LogP contribution in [0.25, 0.3) is 0 Å². The Balaban J connectivity index is 2.66. The Morgan fingerprint density at radius 2 is 2.00 bits per heavy atom. The van der Waals surface area contributed by atoms with E-state index in [1.807, 2.05) is 19.2 Å². The van der Waals surface area contributed by atoms with E-state index in [0.717, 1.165) is 5.69 Å². The Hall–Kier alpha value is -1.16. The van der Waals surface area contributed by atoms with Crippen molar-refractivity contribution >= 4 is 13.4 Å². The van der Waals surface area contributed by atoms with Crippen LogP contribution in [0.4, 0.5) is 5.69 Å². The monoisotopic (exact) mass is 151 g/mol. The molecule has 1 aromatic carbocycles. The summed E-state index contributed by atoms with van der Waals surface area (Å²) in [5, 5.41) is 11.4. The molecule has 58 valence electrons. The first-order valence-electron chi connectivity index (χ1n) is 3.38. The van der Waals surface area contributed by atoms with Gasteiger partial charge in [0, 0.05) is 12.7 Å². The fourth-order valence-electron chi connectivity index (χ4n) is 0.792. The lowest BCUT2D eigenvalue weighted by Crippen LogP contribution is -1.99. The average Bonchev–Trinajstić information content (AvgIpc) is 2.07. The standard InChI is InChI=1S/C7H10BNO2/c1-9-6-2-4-7(5-3-6)11-8-10/h2-5,8-10H,1H3. The number of anilines is 1. The highest BCUT2D eigenvalue weighted by atomic mass is 16.5. The lowest BCUT2D eigenvalue weighted by molar-refractivity contribution is 0.454. The molecule has 0 aliphatic rings. The molecular weight excluding hydrogens is 141 g/mol. The second-order valence-corrected chi connectivity index (χ2v) is 2.05. The van der Waals surface area contributed by atoms with E-state index >= 15 is 0 Å². The van der Waals surface area contributed by atoms with Crippen LogP contribution in [0.5, 0.6) is 5.75 Å². The van der Waals surface area contributed by atoms with Crippen LogP contribution in [0.1, 0.15) is 0 Å². The summed E-state index contributed by atoms with van der Waals surface area (Å²) in [6, 6.07) is 7.35. The van der Waals surface area contributed by atoms with Crippen LogP contribution in [-0.4, -0.2) is 19.8 Å². The van der Waals surface area contributed by atoms with Gasteiger partial charge in [-0.3, -0.25) is 0 Å². The maximum absolute atomic E-state index is 8.41. The molecule has 0 amide bonds. The normalized spacial score (nSPS) is 8.91. The molecule has 0 atom stereocenters. The summed E-state index contributed by atoms with van der Waals surface area (Å²) < 4.78 is 4.83. The SMILES string of the molecule is CNc1ccc(OBO)cc1. The molecule has 3 nitrogen and oxygen atoms in total. The van der Waals surface area contributed by atoms with Crippen molar-refractivity contribution in [3.63, 3.8) is 0 Å². The summed E-state index contributed by atoms with van der Waals surface area (Å²) in [5.41, 5.74) is 1.02. The molecule has 0 spiro atoms. The van der Waals surface area contributed by atoms with Crippen molar-refractivity contribution in [1.29, 1.82) is 0 Å². The first-order valence-corrected chi connectivity index (χ1v) is 3.38. The number of rotatable bonds is 3. The van der Waals surface area contributed by atoms with Crippen LogP contribution in [-0.2, 0) is 0 Å². The average molecular weight is 151 g/mol. The van der Waals surface area contributed by atoms with E-state index in [-0.39, 0.29) is 7.69 Å². The Labute approximate surface area is 66.3 Å². The zero-order chi connectivity index (χ0) is 8.10. The molecule has 2 N–H and O–H groups in total. The largest absolute Gasteiger partial charge is 0.539 e. The first kappa shape index (κ1) is 7.95. The van der Waals surface area contributed by atoms with Gasteiger partial charge < -0.3 is 15.0 Å². The van der Waals surface area contributed by atoms with E-state index in [0.29, 0.717) is 5.75 Å². The van der Waals surface area contributed by atoms with Gasteiger partial charge in [-0.15, -0.1) is 0 Å². The van der Waals surface area contributed by atoms with Gasteiger partial charge in [0.25, 0.3) is 0 Å². The van der Waals surface area contributed by atoms with Crippen LogP contribution in [0.3, 0.4) is 0 Å². The van der Waals surface area contributed by atoms with Crippen molar-refractivity contribution in [3.05, 3.63) is 24.3 Å². The van der Waals surface area contributed by atoms with Crippen LogP contribution >= 0.6 is 0 Å². The Morgan fingerprint density at radius 1 is 1.36 bits per heavy atom. The Morgan fingerprint density at radius 3 is 2.45 bits per heavy atom. The van der Waals surface area contributed by atoms with Crippen molar-refractivity contribution in [1.82, 2.24) is 0 Å². The molecule has 0 aliphatic carbocycles. The molecular formula is C7H10BNO2. The molecule has 0 unspecified atom stereocenters. The van der Waals surface area contributed by atoms with Crippen molar-refractivity contribution in [2.24, 2.45) is 0 Å². The summed E-state index contributed by atoms with van der Waals surface area (Å²) in [6.45, 7) is 0. The van der Waals surface area contributed by atoms with Crippen LogP contribution in [0.15, 0.2) is 24.3 Å². The minimum absolute atomic E-state index is 0.279. The summed E-state index contributed by atoms with van der Waals surface area (Å²) in [5.74, 6) is 0.673. The van der Waals surface area contributed by atoms with Gasteiger partial charge in [0.2, 0.25) is 0 Å². The molecule has 1 aromatic rings. The number of hydrogen-bond acceptors (Lipinski definition) is 3. The highest BCUT2D eigenvalue weighted by Crippen LogP contribution is 2.13. The number of hydrogen-bond donors (Lipinski definition) is 2. The third-order valence-corrected chi connectivity index (χ3v) is 1.37. The molecule has 0 saturated heterocycles. The minimum atomic E-state index is -0.279. The molecule has 0 aliphatic heterocycles. The zero-order valence-corrected chi connectivity index (χ0v) is 6.37. The third kappa shape index (κ3) is 2.16. The van der Waals surface area contributed by atoms with Crippen molar-refractivity contribution in [2.75, 3.05) is 12.4 Å². The molecule has 1 rings (SSSR count). The highest BCUT2D eigenvalue weighted by Gasteiger charge is 1.91. The highest BCUT2D eigenvalue weighted by molar-refractivity contribution is 6.17. The van der Waals surface area contributed by atoms with Gasteiger partial charge in [0.05, 0.1) is 0 Å². The van der Waals surface area contributed by atoms with Crippen molar-refractivity contribution in [3.8, 4) is 5.75 Å². The zero-order valence-electron chi connectivity index (χ0n) is 6.37. The molecule has 0 heterocycles. The Kier molecular flexibility index (Phi) is 2.80. The van der Waals surface area contributed by atoms with Crippen molar-refractivity contribution in [2.45, 2.75) is 0 Å². The quantitative estimate of drug-likeness (QED) is 0.613. The van der Waals surface area contributed by atoms with E-state index in [9.17, 15) is 0 Å². The maximum Gasteiger partial charge on any atom is 0.504 e. The smallest absolute Gasteiger partial charge is 0.504 e. The molecule has 0 fully saturated rings. The Bertz CT molecular complexity index is 212. The maximum atomic E-state index is 8.41. The predicted molar refractivity (Wildman–Crippen MR) is 46.0 cm³/mol. The van der Waals surface area contributed by atoms with Gasteiger partial charge in [-0.1, -0.05) is 0 Å². The second-order valence-electron chi connectivity index (χ2n) is 2.05. The molecule has 0 saturated carbocycles. The third-order valence-electron chi connectivity index (χ3n) is 1.37. The predicted octanol–water partition coefficient (Wildman–Crippen LogP) is 0.366. The van der Waals surface area contributed by atoms with Crippen LogP contribution in [0, 0.1) is 0 Å². The van der Waals surface area contributed by atoms with Crippen LogP contribution in [0.2, 0.25) is 0 Å². The summed E-state index contributed by atoms with van der Waals surface area (Å²) in [6.07, 6.45) is 0. The van der Waals surface area contributed by atoms with Gasteiger partial charge in [-0.05, 0) is 24.3 Å². The van der Waals surface area contributed by atoms with E-state index in [4.69, 9.17) is 9.68 Å². The summed E-state index contributed by atoms with van der Waals surface area (Å²) >= 11 is 0. The van der Waals surface area contributed by atoms with Crippen molar-refractivity contribution < 1.29 is 9.68 Å². The fourth-order valence-corrected chi connectivity index (χ4v) is 0.792. The van der Waals surface area contributed by atoms with Crippen LogP contribution < -0.4 is 9.97 Å². The van der Waals surface area contributed by atoms with Gasteiger partial charge in [-0.25, -0.2) is 0 Å².